The number of hydrazone groups is 1. The van der Waals surface area contributed by atoms with Crippen molar-refractivity contribution in [1.29, 1.82) is 0 Å². The van der Waals surface area contributed by atoms with E-state index in [-0.39, 0.29) is 29.0 Å². The van der Waals surface area contributed by atoms with Gasteiger partial charge in [-0.15, -0.1) is 13.2 Å². The number of amides is 2. The molecule has 1 aliphatic carbocycles. The van der Waals surface area contributed by atoms with Crippen LogP contribution in [0.2, 0.25) is 0 Å². The summed E-state index contributed by atoms with van der Waals surface area (Å²) < 4.78 is 54.4. The van der Waals surface area contributed by atoms with Crippen molar-refractivity contribution in [3.8, 4) is 17.2 Å². The van der Waals surface area contributed by atoms with Crippen LogP contribution in [-0.4, -0.2) is 65.6 Å². The van der Waals surface area contributed by atoms with Crippen molar-refractivity contribution in [2.24, 2.45) is 10.5 Å². The van der Waals surface area contributed by atoms with Crippen molar-refractivity contribution in [3.05, 3.63) is 52.6 Å². The number of fused-ring (bicyclic) bond motifs is 1. The Hall–Kier alpha value is -3.76. The van der Waals surface area contributed by atoms with Crippen molar-refractivity contribution in [3.63, 3.8) is 0 Å². The topological polar surface area (TPSA) is 80.7 Å². The summed E-state index contributed by atoms with van der Waals surface area (Å²) in [5.74, 6) is 0.537. The van der Waals surface area contributed by atoms with Crippen LogP contribution in [0, 0.1) is 12.3 Å². The quantitative estimate of drug-likeness (QED) is 0.420. The first-order valence-corrected chi connectivity index (χ1v) is 14.8. The van der Waals surface area contributed by atoms with Gasteiger partial charge in [0.1, 0.15) is 11.4 Å². The summed E-state index contributed by atoms with van der Waals surface area (Å²) in [6, 6.07) is 7.42. The largest absolute Gasteiger partial charge is 0.573 e. The minimum Gasteiger partial charge on any atom is -0.493 e. The second kappa shape index (κ2) is 10.4. The number of piperidine rings is 1. The van der Waals surface area contributed by atoms with E-state index in [1.807, 2.05) is 26.0 Å². The molecule has 2 amide bonds. The number of carbonyl (C=O) groups excluding carboxylic acids is 2. The molecular formula is C32H36F3N3O5. The highest BCUT2D eigenvalue weighted by Gasteiger charge is 2.50. The van der Waals surface area contributed by atoms with E-state index in [9.17, 15) is 22.8 Å². The van der Waals surface area contributed by atoms with Crippen LogP contribution in [0.3, 0.4) is 0 Å². The average Bonchev–Trinajstić information content (AvgIpc) is 3.64. The van der Waals surface area contributed by atoms with Crippen molar-refractivity contribution in [2.75, 3.05) is 20.2 Å². The number of methoxy groups -OCH3 is 1. The van der Waals surface area contributed by atoms with Crippen LogP contribution < -0.4 is 14.2 Å². The normalized spacial score (nSPS) is 21.2. The number of benzene rings is 2. The SMILES string of the molecule is COc1ccc(C2=NN(C3CCN(C(=O)c4cc(OC(F)(F)F)ccc4C)CC3)C(=O)C2(C)C)c2c1OC1(CCCC1)C2. The van der Waals surface area contributed by atoms with Crippen molar-refractivity contribution < 1.29 is 37.0 Å². The van der Waals surface area contributed by atoms with Gasteiger partial charge in [-0.25, -0.2) is 5.01 Å². The predicted molar refractivity (Wildman–Crippen MR) is 152 cm³/mol. The van der Waals surface area contributed by atoms with Gasteiger partial charge in [0, 0.05) is 36.2 Å². The Morgan fingerprint density at radius 3 is 2.44 bits per heavy atom. The molecule has 1 saturated carbocycles. The lowest BCUT2D eigenvalue weighted by Crippen LogP contribution is -2.47. The molecule has 1 saturated heterocycles. The van der Waals surface area contributed by atoms with E-state index in [4.69, 9.17) is 14.6 Å². The fourth-order valence-corrected chi connectivity index (χ4v) is 6.97. The van der Waals surface area contributed by atoms with Crippen LogP contribution in [0.25, 0.3) is 0 Å². The number of likely N-dealkylation sites (tertiary alicyclic amines) is 1. The number of hydrogen-bond acceptors (Lipinski definition) is 6. The van der Waals surface area contributed by atoms with Crippen LogP contribution in [0.15, 0.2) is 35.4 Å². The fraction of sp³-hybridized carbons (Fsp3) is 0.531. The van der Waals surface area contributed by atoms with E-state index in [0.29, 0.717) is 43.0 Å². The molecule has 2 fully saturated rings. The summed E-state index contributed by atoms with van der Waals surface area (Å²) in [5, 5.41) is 6.51. The molecule has 6 rings (SSSR count). The Labute approximate surface area is 248 Å². The van der Waals surface area contributed by atoms with E-state index in [1.54, 1.807) is 23.9 Å². The Morgan fingerprint density at radius 2 is 1.79 bits per heavy atom. The Morgan fingerprint density at radius 1 is 1.09 bits per heavy atom. The highest BCUT2D eigenvalue weighted by Crippen LogP contribution is 2.51. The highest BCUT2D eigenvalue weighted by atomic mass is 19.4. The summed E-state index contributed by atoms with van der Waals surface area (Å²) in [5.41, 5.74) is 2.27. The molecule has 11 heteroatoms. The van der Waals surface area contributed by atoms with Gasteiger partial charge >= 0.3 is 6.36 Å². The van der Waals surface area contributed by atoms with Crippen LogP contribution in [-0.2, 0) is 11.2 Å². The zero-order valence-corrected chi connectivity index (χ0v) is 24.8. The summed E-state index contributed by atoms with van der Waals surface area (Å²) >= 11 is 0. The molecule has 3 heterocycles. The number of aryl methyl sites for hydroxylation is 1. The van der Waals surface area contributed by atoms with Gasteiger partial charge in [0.25, 0.3) is 11.8 Å². The van der Waals surface area contributed by atoms with Gasteiger partial charge in [-0.1, -0.05) is 6.07 Å². The van der Waals surface area contributed by atoms with E-state index in [2.05, 4.69) is 4.74 Å². The van der Waals surface area contributed by atoms with Gasteiger partial charge < -0.3 is 19.1 Å². The van der Waals surface area contributed by atoms with E-state index in [1.165, 1.54) is 12.1 Å². The van der Waals surface area contributed by atoms with Gasteiger partial charge in [-0.3, -0.25) is 9.59 Å². The molecule has 4 aliphatic rings. The second-order valence-corrected chi connectivity index (χ2v) is 12.6. The maximum absolute atomic E-state index is 13.8. The maximum atomic E-state index is 13.8. The number of carbonyl (C=O) groups is 2. The van der Waals surface area contributed by atoms with Crippen molar-refractivity contribution >= 4 is 17.5 Å². The van der Waals surface area contributed by atoms with E-state index < -0.39 is 17.5 Å². The lowest BCUT2D eigenvalue weighted by Gasteiger charge is -2.35. The van der Waals surface area contributed by atoms with Gasteiger partial charge in [-0.2, -0.15) is 5.10 Å². The van der Waals surface area contributed by atoms with Crippen molar-refractivity contribution in [1.82, 2.24) is 9.91 Å². The van der Waals surface area contributed by atoms with Gasteiger partial charge in [0.15, 0.2) is 11.5 Å². The molecule has 0 N–H and O–H groups in total. The zero-order chi connectivity index (χ0) is 30.7. The molecule has 3 aliphatic heterocycles. The fourth-order valence-electron chi connectivity index (χ4n) is 6.97. The average molecular weight is 600 g/mol. The molecular weight excluding hydrogens is 563 g/mol. The number of nitrogens with zero attached hydrogens (tertiary/aromatic N) is 3. The Bertz CT molecular complexity index is 1490. The monoisotopic (exact) mass is 599 g/mol. The zero-order valence-electron chi connectivity index (χ0n) is 24.8. The third kappa shape index (κ3) is 5.20. The summed E-state index contributed by atoms with van der Waals surface area (Å²) in [6.07, 6.45) is 1.12. The molecule has 0 bridgehead atoms. The molecule has 0 atom stereocenters. The van der Waals surface area contributed by atoms with Gasteiger partial charge in [0.05, 0.1) is 24.3 Å². The molecule has 0 unspecified atom stereocenters. The summed E-state index contributed by atoms with van der Waals surface area (Å²) in [4.78, 5) is 28.7. The first-order valence-electron chi connectivity index (χ1n) is 14.8. The molecule has 1 spiro atoms. The van der Waals surface area contributed by atoms with Crippen molar-refractivity contribution in [2.45, 2.75) is 83.7 Å². The number of hydrogen-bond donors (Lipinski definition) is 0. The third-order valence-corrected chi connectivity index (χ3v) is 9.34. The number of alkyl halides is 3. The smallest absolute Gasteiger partial charge is 0.493 e. The van der Waals surface area contributed by atoms with Crippen LogP contribution in [0.1, 0.15) is 79.4 Å². The number of ether oxygens (including phenoxy) is 3. The summed E-state index contributed by atoms with van der Waals surface area (Å²) in [7, 11) is 1.63. The molecule has 2 aromatic carbocycles. The first-order chi connectivity index (χ1) is 20.3. The predicted octanol–water partition coefficient (Wildman–Crippen LogP) is 6.03. The molecule has 0 radical (unpaired) electrons. The first kappa shape index (κ1) is 29.3. The van der Waals surface area contributed by atoms with E-state index >= 15 is 0 Å². The maximum Gasteiger partial charge on any atom is 0.573 e. The standard InChI is InChI=1S/C32H36F3N3O5/c1-19-7-8-21(42-32(33,34)35)17-23(19)28(39)37-15-11-20(12-16-37)38-29(40)30(2,3)27(36-38)22-9-10-25(41-4)26-24(22)18-31(43-26)13-5-6-14-31/h7-10,17,20H,5-6,11-16,18H2,1-4H3. The molecule has 230 valence electrons. The highest BCUT2D eigenvalue weighted by molar-refractivity contribution is 6.20. The lowest BCUT2D eigenvalue weighted by molar-refractivity contribution is -0.274. The molecule has 2 aromatic rings. The second-order valence-electron chi connectivity index (χ2n) is 12.6. The minimum atomic E-state index is -4.85. The molecule has 8 nitrogen and oxygen atoms in total. The van der Waals surface area contributed by atoms with E-state index in [0.717, 1.165) is 55.0 Å². The van der Waals surface area contributed by atoms with Gasteiger partial charge in [-0.05, 0) is 89.1 Å². The lowest BCUT2D eigenvalue weighted by atomic mass is 9.80. The van der Waals surface area contributed by atoms with Crippen LogP contribution in [0.4, 0.5) is 13.2 Å². The minimum absolute atomic E-state index is 0.0980. The Kier molecular flexibility index (Phi) is 7.12. The Balaban J connectivity index is 1.21. The third-order valence-electron chi connectivity index (χ3n) is 9.34. The van der Waals surface area contributed by atoms with Gasteiger partial charge in [0.2, 0.25) is 0 Å². The van der Waals surface area contributed by atoms with Crippen LogP contribution in [0.5, 0.6) is 17.2 Å². The number of halogens is 3. The summed E-state index contributed by atoms with van der Waals surface area (Å²) in [6.45, 7) is 6.15. The number of rotatable bonds is 5. The molecule has 0 aromatic heterocycles. The molecule has 43 heavy (non-hydrogen) atoms. The van der Waals surface area contributed by atoms with Crippen LogP contribution >= 0.6 is 0 Å².